The third-order valence-electron chi connectivity index (χ3n) is 4.56. The molecule has 0 bridgehead atoms. The lowest BCUT2D eigenvalue weighted by Gasteiger charge is -2.33. The SMILES string of the molecule is CCN(CC)C(=O)C1CCN(S(=O)(=O)c2ccc([N+](=O)[O-])cc2)CC1. The average molecular weight is 369 g/mol. The first-order valence-electron chi connectivity index (χ1n) is 8.34. The van der Waals surface area contributed by atoms with E-state index >= 15 is 0 Å². The zero-order valence-corrected chi connectivity index (χ0v) is 15.2. The topological polar surface area (TPSA) is 101 Å². The lowest BCUT2D eigenvalue weighted by atomic mass is 9.96. The molecular weight excluding hydrogens is 346 g/mol. The van der Waals surface area contributed by atoms with Gasteiger partial charge >= 0.3 is 0 Å². The molecular formula is C16H23N3O5S. The summed E-state index contributed by atoms with van der Waals surface area (Å²) in [4.78, 5) is 24.3. The van der Waals surface area contributed by atoms with E-state index in [-0.39, 0.29) is 35.5 Å². The highest BCUT2D eigenvalue weighted by atomic mass is 32.2. The summed E-state index contributed by atoms with van der Waals surface area (Å²) in [6, 6.07) is 4.87. The molecule has 1 aromatic carbocycles. The van der Waals surface area contributed by atoms with E-state index in [9.17, 15) is 23.3 Å². The molecule has 0 N–H and O–H groups in total. The highest BCUT2D eigenvalue weighted by Crippen LogP contribution is 2.26. The van der Waals surface area contributed by atoms with Gasteiger partial charge in [-0.05, 0) is 38.8 Å². The fraction of sp³-hybridized carbons (Fsp3) is 0.562. The van der Waals surface area contributed by atoms with Gasteiger partial charge < -0.3 is 4.90 Å². The molecule has 0 unspecified atom stereocenters. The van der Waals surface area contributed by atoms with Crippen LogP contribution in [0.5, 0.6) is 0 Å². The summed E-state index contributed by atoms with van der Waals surface area (Å²) in [6.45, 7) is 5.70. The number of hydrogen-bond donors (Lipinski definition) is 0. The molecule has 138 valence electrons. The Morgan fingerprint density at radius 1 is 1.20 bits per heavy atom. The molecule has 1 aliphatic heterocycles. The monoisotopic (exact) mass is 369 g/mol. The van der Waals surface area contributed by atoms with Gasteiger partial charge in [0.25, 0.3) is 5.69 Å². The number of nitro benzene ring substituents is 1. The first-order chi connectivity index (χ1) is 11.8. The van der Waals surface area contributed by atoms with Gasteiger partial charge in [0.1, 0.15) is 0 Å². The summed E-state index contributed by atoms with van der Waals surface area (Å²) < 4.78 is 26.7. The molecule has 0 aromatic heterocycles. The summed E-state index contributed by atoms with van der Waals surface area (Å²) in [5, 5.41) is 10.7. The van der Waals surface area contributed by atoms with Crippen molar-refractivity contribution in [2.45, 2.75) is 31.6 Å². The second kappa shape index (κ2) is 7.92. The Bertz CT molecular complexity index is 721. The van der Waals surface area contributed by atoms with Gasteiger partial charge in [-0.15, -0.1) is 0 Å². The number of piperidine rings is 1. The number of sulfonamides is 1. The maximum Gasteiger partial charge on any atom is 0.269 e. The third-order valence-corrected chi connectivity index (χ3v) is 6.48. The molecule has 1 fully saturated rings. The normalized spacial score (nSPS) is 16.6. The van der Waals surface area contributed by atoms with Crippen molar-refractivity contribution >= 4 is 21.6 Å². The van der Waals surface area contributed by atoms with Gasteiger partial charge in [0.05, 0.1) is 9.82 Å². The summed E-state index contributed by atoms with van der Waals surface area (Å²) in [7, 11) is -3.70. The number of carbonyl (C=O) groups is 1. The zero-order chi connectivity index (χ0) is 18.6. The minimum Gasteiger partial charge on any atom is -0.343 e. The summed E-state index contributed by atoms with van der Waals surface area (Å²) in [5.41, 5.74) is -0.150. The Balaban J connectivity index is 2.06. The van der Waals surface area contributed by atoms with Crippen LogP contribution in [-0.4, -0.2) is 54.6 Å². The van der Waals surface area contributed by atoms with E-state index < -0.39 is 14.9 Å². The predicted octanol–water partition coefficient (Wildman–Crippen LogP) is 1.86. The van der Waals surface area contributed by atoms with Gasteiger partial charge in [0.15, 0.2) is 0 Å². The Morgan fingerprint density at radius 3 is 2.16 bits per heavy atom. The van der Waals surface area contributed by atoms with Crippen LogP contribution >= 0.6 is 0 Å². The van der Waals surface area contributed by atoms with E-state index in [1.165, 1.54) is 28.6 Å². The first-order valence-corrected chi connectivity index (χ1v) is 9.78. The number of nitro groups is 1. The van der Waals surface area contributed by atoms with Crippen LogP contribution in [0.2, 0.25) is 0 Å². The number of nitrogens with zero attached hydrogens (tertiary/aromatic N) is 3. The Kier molecular flexibility index (Phi) is 6.12. The summed E-state index contributed by atoms with van der Waals surface area (Å²) in [6.07, 6.45) is 0.975. The van der Waals surface area contributed by atoms with Crippen LogP contribution in [-0.2, 0) is 14.8 Å². The molecule has 8 nitrogen and oxygen atoms in total. The minimum atomic E-state index is -3.70. The fourth-order valence-electron chi connectivity index (χ4n) is 3.03. The third kappa shape index (κ3) is 4.16. The van der Waals surface area contributed by atoms with Crippen LogP contribution in [0.15, 0.2) is 29.2 Å². The highest BCUT2D eigenvalue weighted by Gasteiger charge is 2.33. The number of amides is 1. The number of rotatable bonds is 6. The van der Waals surface area contributed by atoms with Gasteiger partial charge in [0.2, 0.25) is 15.9 Å². The van der Waals surface area contributed by atoms with Crippen molar-refractivity contribution in [1.82, 2.24) is 9.21 Å². The quantitative estimate of drug-likeness (QED) is 0.563. The van der Waals surface area contributed by atoms with Crippen molar-refractivity contribution in [3.05, 3.63) is 34.4 Å². The summed E-state index contributed by atoms with van der Waals surface area (Å²) in [5.74, 6) is -0.0689. The van der Waals surface area contributed by atoms with Gasteiger partial charge in [-0.25, -0.2) is 8.42 Å². The molecule has 25 heavy (non-hydrogen) atoms. The van der Waals surface area contributed by atoms with E-state index in [2.05, 4.69) is 0 Å². The van der Waals surface area contributed by atoms with Gasteiger partial charge in [0, 0.05) is 44.2 Å². The predicted molar refractivity (Wildman–Crippen MR) is 92.5 cm³/mol. The Morgan fingerprint density at radius 2 is 1.72 bits per heavy atom. The molecule has 1 heterocycles. The van der Waals surface area contributed by atoms with Crippen molar-refractivity contribution in [1.29, 1.82) is 0 Å². The molecule has 1 saturated heterocycles. The zero-order valence-electron chi connectivity index (χ0n) is 14.4. The van der Waals surface area contributed by atoms with Crippen molar-refractivity contribution < 1.29 is 18.1 Å². The van der Waals surface area contributed by atoms with Gasteiger partial charge in [-0.2, -0.15) is 4.31 Å². The van der Waals surface area contributed by atoms with Crippen LogP contribution in [0.3, 0.4) is 0 Å². The van der Waals surface area contributed by atoms with Crippen LogP contribution in [0.25, 0.3) is 0 Å². The second-order valence-electron chi connectivity index (χ2n) is 5.94. The molecule has 0 atom stereocenters. The highest BCUT2D eigenvalue weighted by molar-refractivity contribution is 7.89. The maximum absolute atomic E-state index is 12.7. The van der Waals surface area contributed by atoms with Crippen molar-refractivity contribution in [3.8, 4) is 0 Å². The molecule has 9 heteroatoms. The molecule has 0 aliphatic carbocycles. The molecule has 1 amide bonds. The number of hydrogen-bond acceptors (Lipinski definition) is 5. The van der Waals surface area contributed by atoms with Crippen molar-refractivity contribution in [2.24, 2.45) is 5.92 Å². The van der Waals surface area contributed by atoms with E-state index in [1.54, 1.807) is 4.90 Å². The van der Waals surface area contributed by atoms with E-state index in [0.29, 0.717) is 25.9 Å². The van der Waals surface area contributed by atoms with Crippen LogP contribution in [0.1, 0.15) is 26.7 Å². The fourth-order valence-corrected chi connectivity index (χ4v) is 4.50. The molecule has 0 spiro atoms. The Labute approximate surface area is 147 Å². The lowest BCUT2D eigenvalue weighted by molar-refractivity contribution is -0.384. The smallest absolute Gasteiger partial charge is 0.269 e. The maximum atomic E-state index is 12.7. The molecule has 0 radical (unpaired) electrons. The van der Waals surface area contributed by atoms with Crippen LogP contribution in [0.4, 0.5) is 5.69 Å². The molecule has 1 aliphatic rings. The molecule has 2 rings (SSSR count). The number of benzene rings is 1. The van der Waals surface area contributed by atoms with E-state index in [4.69, 9.17) is 0 Å². The molecule has 1 aromatic rings. The minimum absolute atomic E-state index is 0.0339. The van der Waals surface area contributed by atoms with Gasteiger partial charge in [-0.3, -0.25) is 14.9 Å². The Hall–Kier alpha value is -2.00. The average Bonchev–Trinajstić information content (AvgIpc) is 2.62. The summed E-state index contributed by atoms with van der Waals surface area (Å²) >= 11 is 0. The lowest BCUT2D eigenvalue weighted by Crippen LogP contribution is -2.44. The number of carbonyl (C=O) groups excluding carboxylic acids is 1. The first kappa shape index (κ1) is 19.3. The van der Waals surface area contributed by atoms with E-state index in [0.717, 1.165) is 0 Å². The van der Waals surface area contributed by atoms with Gasteiger partial charge in [-0.1, -0.05) is 0 Å². The molecule has 0 saturated carbocycles. The van der Waals surface area contributed by atoms with Crippen molar-refractivity contribution in [2.75, 3.05) is 26.2 Å². The van der Waals surface area contributed by atoms with Crippen LogP contribution in [0, 0.1) is 16.0 Å². The largest absolute Gasteiger partial charge is 0.343 e. The van der Waals surface area contributed by atoms with E-state index in [1.807, 2.05) is 13.8 Å². The number of non-ortho nitro benzene ring substituents is 1. The van der Waals surface area contributed by atoms with Crippen molar-refractivity contribution in [3.63, 3.8) is 0 Å². The second-order valence-corrected chi connectivity index (χ2v) is 7.88. The standard InChI is InChI=1S/C16H23N3O5S/c1-3-17(4-2)16(20)13-9-11-18(12-10-13)25(23,24)15-7-5-14(6-8-15)19(21)22/h5-8,13H,3-4,9-12H2,1-2H3. The van der Waals surface area contributed by atoms with Crippen LogP contribution < -0.4 is 0 Å².